The number of hydrogen-bond donors (Lipinski definition) is 1. The minimum absolute atomic E-state index is 0.0966. The molecule has 1 aromatic carbocycles. The molecule has 29 heavy (non-hydrogen) atoms. The topological polar surface area (TPSA) is 42.2 Å². The van der Waals surface area contributed by atoms with Gasteiger partial charge in [0.05, 0.1) is 11.4 Å². The number of nitrogens with zero attached hydrogens (tertiary/aromatic N) is 3. The van der Waals surface area contributed by atoms with Gasteiger partial charge in [0.1, 0.15) is 6.17 Å². The van der Waals surface area contributed by atoms with Gasteiger partial charge >= 0.3 is 0 Å². The fraction of sp³-hybridized carbons (Fsp3) is 0.440. The summed E-state index contributed by atoms with van der Waals surface area (Å²) in [6.07, 6.45) is 6.39. The van der Waals surface area contributed by atoms with Crippen molar-refractivity contribution in [3.63, 3.8) is 0 Å². The summed E-state index contributed by atoms with van der Waals surface area (Å²) in [5.74, 6) is 0.601. The molecule has 0 amide bonds. The summed E-state index contributed by atoms with van der Waals surface area (Å²) in [4.78, 5) is 4.17. The van der Waals surface area contributed by atoms with Gasteiger partial charge in [0.2, 0.25) is 0 Å². The highest BCUT2D eigenvalue weighted by Crippen LogP contribution is 2.41. The van der Waals surface area contributed by atoms with Crippen LogP contribution in [0.25, 0.3) is 5.69 Å². The molecule has 4 rings (SSSR count). The Morgan fingerprint density at radius 2 is 1.86 bits per heavy atom. The fourth-order valence-electron chi connectivity index (χ4n) is 3.30. The summed E-state index contributed by atoms with van der Waals surface area (Å²) in [6, 6.07) is 10.8. The van der Waals surface area contributed by atoms with E-state index in [0.717, 1.165) is 24.2 Å². The van der Waals surface area contributed by atoms with Crippen LogP contribution in [0.3, 0.4) is 0 Å². The molecule has 4 heteroatoms. The first-order chi connectivity index (χ1) is 13.7. The maximum atomic E-state index is 4.72. The van der Waals surface area contributed by atoms with Crippen molar-refractivity contribution in [1.82, 2.24) is 15.1 Å². The molecule has 1 saturated carbocycles. The Kier molecular flexibility index (Phi) is 6.11. The van der Waals surface area contributed by atoms with Crippen LogP contribution in [0.4, 0.5) is 0 Å². The van der Waals surface area contributed by atoms with Gasteiger partial charge in [-0.25, -0.2) is 4.68 Å². The largest absolute Gasteiger partial charge is 0.367 e. The lowest BCUT2D eigenvalue weighted by molar-refractivity contribution is 0.560. The van der Waals surface area contributed by atoms with E-state index in [9.17, 15) is 0 Å². The standard InChI is InChI=1S/C16H22N2.C9H12N2/c1-6-13-7-9-14(10-8-13)18-12(2)11-15(17-18)16(3,4)5;1-6-5-8(6)9-3-4-10-7(2)11-9/h7-11H,6H2,1-5H3;3-4,7-8,11H,1,5H2,2H3. The van der Waals surface area contributed by atoms with Crippen LogP contribution in [0, 0.1) is 12.8 Å². The third-order valence-electron chi connectivity index (χ3n) is 5.36. The van der Waals surface area contributed by atoms with Gasteiger partial charge in [0, 0.05) is 28.9 Å². The Labute approximate surface area is 175 Å². The first-order valence-electron chi connectivity index (χ1n) is 10.5. The predicted molar refractivity (Wildman–Crippen MR) is 123 cm³/mol. The van der Waals surface area contributed by atoms with Crippen molar-refractivity contribution >= 4 is 6.21 Å². The van der Waals surface area contributed by atoms with Crippen molar-refractivity contribution in [3.05, 3.63) is 71.2 Å². The molecule has 0 bridgehead atoms. The van der Waals surface area contributed by atoms with Crippen molar-refractivity contribution in [2.45, 2.75) is 66.0 Å². The molecule has 2 heterocycles. The van der Waals surface area contributed by atoms with E-state index in [4.69, 9.17) is 5.10 Å². The molecule has 2 unspecified atom stereocenters. The van der Waals surface area contributed by atoms with E-state index in [1.807, 2.05) is 17.0 Å². The van der Waals surface area contributed by atoms with Gasteiger partial charge in [-0.3, -0.25) is 4.99 Å². The lowest BCUT2D eigenvalue weighted by Crippen LogP contribution is -2.27. The van der Waals surface area contributed by atoms with Crippen LogP contribution in [0.15, 0.2) is 59.2 Å². The van der Waals surface area contributed by atoms with Crippen LogP contribution in [-0.2, 0) is 11.8 Å². The Morgan fingerprint density at radius 1 is 1.21 bits per heavy atom. The Morgan fingerprint density at radius 3 is 2.34 bits per heavy atom. The highest BCUT2D eigenvalue weighted by Gasteiger charge is 2.32. The molecule has 1 aliphatic heterocycles. The van der Waals surface area contributed by atoms with Crippen LogP contribution in [0.5, 0.6) is 0 Å². The second-order valence-electron chi connectivity index (χ2n) is 9.01. The number of allylic oxidation sites excluding steroid dienone is 2. The molecule has 0 saturated heterocycles. The molecule has 0 radical (unpaired) electrons. The number of hydrogen-bond acceptors (Lipinski definition) is 3. The number of aryl methyl sites for hydroxylation is 2. The number of aromatic nitrogens is 2. The van der Waals surface area contributed by atoms with Crippen molar-refractivity contribution in [2.75, 3.05) is 0 Å². The SMILES string of the molecule is C=C1CC1C1=CC=NC(C)N1.CCc1ccc(-n2nc(C(C)(C)C)cc2C)cc1. The average Bonchev–Trinajstić information content (AvgIpc) is 3.28. The van der Waals surface area contributed by atoms with Crippen LogP contribution in [0.2, 0.25) is 0 Å². The molecular formula is C25H34N4. The van der Waals surface area contributed by atoms with Crippen LogP contribution in [-0.4, -0.2) is 22.2 Å². The third-order valence-corrected chi connectivity index (χ3v) is 5.36. The smallest absolute Gasteiger partial charge is 0.115 e. The molecule has 1 N–H and O–H groups in total. The molecule has 4 nitrogen and oxygen atoms in total. The minimum atomic E-state index is 0.0966. The van der Waals surface area contributed by atoms with Crippen LogP contribution >= 0.6 is 0 Å². The highest BCUT2D eigenvalue weighted by atomic mass is 15.3. The van der Waals surface area contributed by atoms with E-state index in [2.05, 4.69) is 88.8 Å². The molecule has 154 valence electrons. The number of benzene rings is 1. The van der Waals surface area contributed by atoms with Gasteiger partial charge in [-0.15, -0.1) is 0 Å². The van der Waals surface area contributed by atoms with Gasteiger partial charge in [0.15, 0.2) is 0 Å². The van der Waals surface area contributed by atoms with E-state index in [-0.39, 0.29) is 11.6 Å². The zero-order valence-electron chi connectivity index (χ0n) is 18.7. The summed E-state index contributed by atoms with van der Waals surface area (Å²) in [7, 11) is 0. The van der Waals surface area contributed by atoms with Crippen molar-refractivity contribution in [2.24, 2.45) is 10.9 Å². The molecule has 1 aliphatic carbocycles. The summed E-state index contributed by atoms with van der Waals surface area (Å²) in [6.45, 7) is 16.8. The van der Waals surface area contributed by atoms with Gasteiger partial charge in [-0.1, -0.05) is 52.0 Å². The highest BCUT2D eigenvalue weighted by molar-refractivity contribution is 5.74. The monoisotopic (exact) mass is 390 g/mol. The van der Waals surface area contributed by atoms with E-state index in [1.54, 1.807) is 0 Å². The van der Waals surface area contributed by atoms with E-state index in [1.165, 1.54) is 22.5 Å². The fourth-order valence-corrected chi connectivity index (χ4v) is 3.30. The lowest BCUT2D eigenvalue weighted by Gasteiger charge is -2.16. The molecule has 2 aliphatic rings. The Balaban J connectivity index is 0.000000186. The third kappa shape index (κ3) is 5.26. The van der Waals surface area contributed by atoms with Gasteiger partial charge in [-0.05, 0) is 56.5 Å². The van der Waals surface area contributed by atoms with Crippen LogP contribution < -0.4 is 5.32 Å². The van der Waals surface area contributed by atoms with Gasteiger partial charge in [0.25, 0.3) is 0 Å². The zero-order chi connectivity index (χ0) is 21.2. The summed E-state index contributed by atoms with van der Waals surface area (Å²) >= 11 is 0. The van der Waals surface area contributed by atoms with E-state index < -0.39 is 0 Å². The first-order valence-corrected chi connectivity index (χ1v) is 10.5. The lowest BCUT2D eigenvalue weighted by atomic mass is 9.92. The van der Waals surface area contributed by atoms with E-state index >= 15 is 0 Å². The molecule has 1 fully saturated rings. The normalized spacial score (nSPS) is 20.5. The summed E-state index contributed by atoms with van der Waals surface area (Å²) in [5, 5.41) is 8.03. The predicted octanol–water partition coefficient (Wildman–Crippen LogP) is 5.51. The van der Waals surface area contributed by atoms with Crippen molar-refractivity contribution < 1.29 is 0 Å². The summed E-state index contributed by atoms with van der Waals surface area (Å²) < 4.78 is 2.03. The van der Waals surface area contributed by atoms with Gasteiger partial charge < -0.3 is 5.32 Å². The maximum absolute atomic E-state index is 4.72. The van der Waals surface area contributed by atoms with Crippen LogP contribution in [0.1, 0.15) is 58.0 Å². The number of rotatable bonds is 3. The Hall–Kier alpha value is -2.62. The van der Waals surface area contributed by atoms with Gasteiger partial charge in [-0.2, -0.15) is 5.10 Å². The quantitative estimate of drug-likeness (QED) is 0.703. The van der Waals surface area contributed by atoms with E-state index in [0.29, 0.717) is 5.92 Å². The maximum Gasteiger partial charge on any atom is 0.115 e. The van der Waals surface area contributed by atoms with Crippen molar-refractivity contribution in [3.8, 4) is 5.69 Å². The second-order valence-corrected chi connectivity index (χ2v) is 9.01. The molecular weight excluding hydrogens is 356 g/mol. The first kappa shape index (κ1) is 21.1. The minimum Gasteiger partial charge on any atom is -0.367 e. The summed E-state index contributed by atoms with van der Waals surface area (Å²) in [5.41, 5.74) is 7.55. The van der Waals surface area contributed by atoms with Crippen molar-refractivity contribution in [1.29, 1.82) is 0 Å². The average molecular weight is 391 g/mol. The number of nitrogens with one attached hydrogen (secondary N) is 1. The zero-order valence-corrected chi connectivity index (χ0v) is 18.7. The molecule has 1 aromatic heterocycles. The second kappa shape index (κ2) is 8.40. The number of aliphatic imine (C=N–C) groups is 1. The molecule has 2 aromatic rings. The molecule has 2 atom stereocenters. The Bertz CT molecular complexity index is 923. The molecule has 0 spiro atoms.